The summed E-state index contributed by atoms with van der Waals surface area (Å²) in [6.07, 6.45) is 9.04. The van der Waals surface area contributed by atoms with Crippen molar-refractivity contribution in [2.24, 2.45) is 0 Å². The Kier molecular flexibility index (Phi) is 4.92. The van der Waals surface area contributed by atoms with Crippen molar-refractivity contribution >= 4 is 33.6 Å². The average Bonchev–Trinajstić information content (AvgIpc) is 3.56. The number of benzene rings is 5. The molecule has 1 aliphatic carbocycles. The minimum Gasteiger partial charge on any atom is -0.292 e. The second-order valence-electron chi connectivity index (χ2n) is 9.94. The fraction of sp³-hybridized carbons (Fsp3) is 0.0571. The van der Waals surface area contributed by atoms with Crippen LogP contribution >= 0.6 is 11.8 Å². The number of nitrogens with zero attached hydrogens (tertiary/aromatic N) is 2. The van der Waals surface area contributed by atoms with Crippen LogP contribution in [0.15, 0.2) is 138 Å². The molecule has 1 aromatic heterocycles. The van der Waals surface area contributed by atoms with Gasteiger partial charge in [0.15, 0.2) is 0 Å². The van der Waals surface area contributed by atoms with Crippen LogP contribution < -0.4 is 0 Å². The second-order valence-corrected chi connectivity index (χ2v) is 11.1. The van der Waals surface area contributed by atoms with E-state index in [0.717, 1.165) is 28.1 Å². The molecule has 3 heteroatoms. The summed E-state index contributed by atoms with van der Waals surface area (Å²) in [5.74, 6) is 1.42. The number of rotatable bonds is 3. The maximum atomic E-state index is 5.17. The SMILES string of the molecule is C1=CC2Sc3c(-c4cccc(-c5nc6ccccc6n5-c5cccc6ccccc56)c4)cccc3C2C=C1. The molecule has 0 saturated heterocycles. The van der Waals surface area contributed by atoms with Gasteiger partial charge in [-0.3, -0.25) is 4.57 Å². The number of hydrogen-bond donors (Lipinski definition) is 0. The Morgan fingerprint density at radius 2 is 1.47 bits per heavy atom. The number of aromatic nitrogens is 2. The van der Waals surface area contributed by atoms with Gasteiger partial charge in [0.2, 0.25) is 0 Å². The zero-order valence-electron chi connectivity index (χ0n) is 20.7. The van der Waals surface area contributed by atoms with E-state index >= 15 is 0 Å². The summed E-state index contributed by atoms with van der Waals surface area (Å²) in [6.45, 7) is 0. The average molecular weight is 505 g/mol. The molecule has 0 amide bonds. The van der Waals surface area contributed by atoms with Gasteiger partial charge in [-0.1, -0.05) is 109 Å². The van der Waals surface area contributed by atoms with Crippen molar-refractivity contribution in [3.05, 3.63) is 139 Å². The number of hydrogen-bond acceptors (Lipinski definition) is 2. The summed E-state index contributed by atoms with van der Waals surface area (Å²) >= 11 is 1.99. The second kappa shape index (κ2) is 8.61. The molecule has 2 nitrogen and oxygen atoms in total. The highest BCUT2D eigenvalue weighted by Gasteiger charge is 2.32. The van der Waals surface area contributed by atoms with E-state index in [1.807, 2.05) is 11.8 Å². The van der Waals surface area contributed by atoms with Crippen molar-refractivity contribution in [3.63, 3.8) is 0 Å². The fourth-order valence-electron chi connectivity index (χ4n) is 5.98. The summed E-state index contributed by atoms with van der Waals surface area (Å²) in [5, 5.41) is 2.93. The van der Waals surface area contributed by atoms with Crippen molar-refractivity contribution in [2.75, 3.05) is 0 Å². The molecule has 38 heavy (non-hydrogen) atoms. The first-order valence-corrected chi connectivity index (χ1v) is 13.9. The number of thioether (sulfide) groups is 1. The molecular formula is C35H24N2S. The lowest BCUT2D eigenvalue weighted by molar-refractivity contribution is 0.881. The summed E-state index contributed by atoms with van der Waals surface area (Å²) in [6, 6.07) is 39.2. The molecule has 180 valence electrons. The quantitative estimate of drug-likeness (QED) is 0.239. The normalized spacial score (nSPS) is 17.7. The van der Waals surface area contributed by atoms with E-state index < -0.39 is 0 Å². The molecule has 1 aliphatic heterocycles. The third-order valence-corrected chi connectivity index (χ3v) is 9.16. The van der Waals surface area contributed by atoms with Crippen LogP contribution in [0.1, 0.15) is 11.5 Å². The first-order chi connectivity index (χ1) is 18.8. The van der Waals surface area contributed by atoms with E-state index in [2.05, 4.69) is 138 Å². The van der Waals surface area contributed by atoms with Gasteiger partial charge < -0.3 is 0 Å². The highest BCUT2D eigenvalue weighted by Crippen LogP contribution is 2.51. The third kappa shape index (κ3) is 3.32. The van der Waals surface area contributed by atoms with Crippen LogP contribution in [-0.4, -0.2) is 14.8 Å². The van der Waals surface area contributed by atoms with Crippen LogP contribution in [0.3, 0.4) is 0 Å². The Hall–Kier alpha value is -4.34. The Bertz CT molecular complexity index is 1920. The van der Waals surface area contributed by atoms with Crippen molar-refractivity contribution in [1.82, 2.24) is 9.55 Å². The van der Waals surface area contributed by atoms with E-state index in [1.54, 1.807) is 0 Å². The van der Waals surface area contributed by atoms with Gasteiger partial charge in [-0.05, 0) is 46.3 Å². The minimum absolute atomic E-state index is 0.457. The topological polar surface area (TPSA) is 17.8 Å². The Balaban J connectivity index is 1.33. The van der Waals surface area contributed by atoms with Gasteiger partial charge in [0.1, 0.15) is 5.82 Å². The van der Waals surface area contributed by atoms with E-state index in [-0.39, 0.29) is 0 Å². The van der Waals surface area contributed by atoms with E-state index in [9.17, 15) is 0 Å². The molecule has 6 aromatic rings. The monoisotopic (exact) mass is 504 g/mol. The predicted molar refractivity (Wildman–Crippen MR) is 160 cm³/mol. The molecule has 2 aliphatic rings. The summed E-state index contributed by atoms with van der Waals surface area (Å²) in [7, 11) is 0. The lowest BCUT2D eigenvalue weighted by Crippen LogP contribution is -2.06. The molecule has 2 heterocycles. The van der Waals surface area contributed by atoms with Gasteiger partial charge in [-0.25, -0.2) is 4.98 Å². The van der Waals surface area contributed by atoms with E-state index in [4.69, 9.17) is 4.98 Å². The summed E-state index contributed by atoms with van der Waals surface area (Å²) in [4.78, 5) is 6.57. The van der Waals surface area contributed by atoms with Crippen LogP contribution in [0.2, 0.25) is 0 Å². The van der Waals surface area contributed by atoms with Crippen LogP contribution in [-0.2, 0) is 0 Å². The van der Waals surface area contributed by atoms with Gasteiger partial charge in [-0.2, -0.15) is 0 Å². The Morgan fingerprint density at radius 3 is 2.47 bits per heavy atom. The zero-order chi connectivity index (χ0) is 25.1. The lowest BCUT2D eigenvalue weighted by Gasteiger charge is -2.14. The van der Waals surface area contributed by atoms with Gasteiger partial charge in [0.05, 0.1) is 16.7 Å². The smallest absolute Gasteiger partial charge is 0.145 e. The molecular weight excluding hydrogens is 480 g/mol. The Labute approximate surface area is 226 Å². The third-order valence-electron chi connectivity index (χ3n) is 7.74. The molecule has 2 unspecified atom stereocenters. The van der Waals surface area contributed by atoms with Gasteiger partial charge in [0, 0.05) is 27.0 Å². The molecule has 0 spiro atoms. The number of imidazole rings is 1. The maximum Gasteiger partial charge on any atom is 0.145 e. The fourth-order valence-corrected chi connectivity index (χ4v) is 7.46. The molecule has 0 fully saturated rings. The predicted octanol–water partition coefficient (Wildman–Crippen LogP) is 9.20. The van der Waals surface area contributed by atoms with Crippen molar-refractivity contribution in [2.45, 2.75) is 16.1 Å². The van der Waals surface area contributed by atoms with Gasteiger partial charge >= 0.3 is 0 Å². The molecule has 8 rings (SSSR count). The van der Waals surface area contributed by atoms with Crippen molar-refractivity contribution < 1.29 is 0 Å². The van der Waals surface area contributed by atoms with Crippen LogP contribution in [0.5, 0.6) is 0 Å². The highest BCUT2D eigenvalue weighted by atomic mass is 32.2. The van der Waals surface area contributed by atoms with E-state index in [1.165, 1.54) is 32.4 Å². The summed E-state index contributed by atoms with van der Waals surface area (Å²) < 4.78 is 2.32. The Morgan fingerprint density at radius 1 is 0.684 bits per heavy atom. The minimum atomic E-state index is 0.457. The van der Waals surface area contributed by atoms with Crippen molar-refractivity contribution in [1.29, 1.82) is 0 Å². The van der Waals surface area contributed by atoms with Crippen LogP contribution in [0.25, 0.3) is 50.0 Å². The van der Waals surface area contributed by atoms with Gasteiger partial charge in [-0.15, -0.1) is 11.8 Å². The van der Waals surface area contributed by atoms with Gasteiger partial charge in [0.25, 0.3) is 0 Å². The maximum absolute atomic E-state index is 5.17. The first kappa shape index (κ1) is 21.7. The van der Waals surface area contributed by atoms with Crippen molar-refractivity contribution in [3.8, 4) is 28.2 Å². The van der Waals surface area contributed by atoms with E-state index in [0.29, 0.717) is 11.2 Å². The lowest BCUT2D eigenvalue weighted by atomic mass is 9.90. The molecule has 5 aromatic carbocycles. The molecule has 0 bridgehead atoms. The largest absolute Gasteiger partial charge is 0.292 e. The molecule has 0 radical (unpaired) electrons. The highest BCUT2D eigenvalue weighted by molar-refractivity contribution is 8.00. The van der Waals surface area contributed by atoms with Crippen LogP contribution in [0, 0.1) is 0 Å². The zero-order valence-corrected chi connectivity index (χ0v) is 21.5. The molecule has 0 N–H and O–H groups in total. The molecule has 2 atom stereocenters. The van der Waals surface area contributed by atoms with Crippen LogP contribution in [0.4, 0.5) is 0 Å². The summed E-state index contributed by atoms with van der Waals surface area (Å²) in [5.41, 5.74) is 8.35. The number of para-hydroxylation sites is 2. The molecule has 0 saturated carbocycles. The standard InChI is InChI=1S/C35H24N2S/c1-2-14-26-23(10-1)11-8-20-31(26)37-32-19-5-4-18-30(32)36-35(37)25-13-7-12-24(22-25)27-16-9-17-29-28-15-3-6-21-33(28)38-34(27)29/h1-22,28,33H. The first-order valence-electron chi connectivity index (χ1n) is 13.1. The number of fused-ring (bicyclic) bond motifs is 5. The number of allylic oxidation sites excluding steroid dienone is 3.